The van der Waals surface area contributed by atoms with Gasteiger partial charge in [0.25, 0.3) is 5.91 Å². The van der Waals surface area contributed by atoms with Gasteiger partial charge in [0.2, 0.25) is 0 Å². The van der Waals surface area contributed by atoms with E-state index in [2.05, 4.69) is 0 Å². The molecule has 2 nitrogen and oxygen atoms in total. The van der Waals surface area contributed by atoms with Gasteiger partial charge in [-0.15, -0.1) is 0 Å². The number of halogens is 2. The number of hydrogen-bond donors (Lipinski definition) is 0. The minimum atomic E-state index is -2.84. The van der Waals surface area contributed by atoms with Crippen molar-refractivity contribution >= 4 is 5.91 Å². The average molecular weight is 177 g/mol. The van der Waals surface area contributed by atoms with Crippen molar-refractivity contribution in [1.29, 1.82) is 0 Å². The quantitative estimate of drug-likeness (QED) is 0.626. The van der Waals surface area contributed by atoms with Crippen LogP contribution in [0.15, 0.2) is 0 Å². The largest absolute Gasteiger partial charge is 0.334 e. The van der Waals surface area contributed by atoms with Crippen molar-refractivity contribution in [2.45, 2.75) is 32.7 Å². The molecule has 0 N–H and O–H groups in total. The predicted molar refractivity (Wildman–Crippen MR) is 41.0 cm³/mol. The highest BCUT2D eigenvalue weighted by Crippen LogP contribution is 2.25. The molecule has 1 aliphatic heterocycles. The van der Waals surface area contributed by atoms with Crippen molar-refractivity contribution in [3.63, 3.8) is 0 Å². The number of amides is 1. The molecule has 4 heteroatoms. The Bertz CT molecular complexity index is 182. The number of alkyl halides is 2. The minimum Gasteiger partial charge on any atom is -0.334 e. The third-order valence-electron chi connectivity index (χ3n) is 2.31. The second kappa shape index (κ2) is 3.37. The Morgan fingerprint density at radius 2 is 2.08 bits per heavy atom. The number of likely N-dealkylation sites (tertiary alicyclic amines) is 1. The van der Waals surface area contributed by atoms with E-state index < -0.39 is 12.3 Å². The molecule has 0 spiro atoms. The van der Waals surface area contributed by atoms with Gasteiger partial charge in [-0.05, 0) is 12.3 Å². The highest BCUT2D eigenvalue weighted by Gasteiger charge is 2.37. The van der Waals surface area contributed by atoms with Gasteiger partial charge in [0, 0.05) is 12.6 Å². The molecule has 0 aromatic carbocycles. The summed E-state index contributed by atoms with van der Waals surface area (Å²) in [7, 11) is 0. The zero-order valence-electron chi connectivity index (χ0n) is 7.26. The van der Waals surface area contributed by atoms with Gasteiger partial charge in [-0.3, -0.25) is 4.79 Å². The second-order valence-electron chi connectivity index (χ2n) is 3.43. The summed E-state index contributed by atoms with van der Waals surface area (Å²) < 4.78 is 23.9. The first-order valence-electron chi connectivity index (χ1n) is 4.12. The molecule has 0 aliphatic carbocycles. The molecule has 1 rings (SSSR count). The summed E-state index contributed by atoms with van der Waals surface area (Å²) in [6.45, 7) is 4.37. The molecule has 1 aliphatic rings. The molecule has 0 aromatic rings. The summed E-state index contributed by atoms with van der Waals surface area (Å²) in [5.41, 5.74) is 0. The number of carbonyl (C=O) groups is 1. The van der Waals surface area contributed by atoms with E-state index in [1.165, 1.54) is 4.90 Å². The van der Waals surface area contributed by atoms with Gasteiger partial charge >= 0.3 is 6.43 Å². The van der Waals surface area contributed by atoms with Crippen molar-refractivity contribution in [2.75, 3.05) is 6.54 Å². The molecule has 70 valence electrons. The molecular formula is C8H13F2NO. The Morgan fingerprint density at radius 1 is 1.50 bits per heavy atom. The first-order valence-corrected chi connectivity index (χ1v) is 4.12. The van der Waals surface area contributed by atoms with Crippen molar-refractivity contribution in [3.8, 4) is 0 Å². The van der Waals surface area contributed by atoms with Crippen LogP contribution in [-0.4, -0.2) is 29.8 Å². The lowest BCUT2D eigenvalue weighted by atomic mass is 9.92. The first-order chi connectivity index (χ1) is 5.54. The Kier molecular flexibility index (Phi) is 2.65. The van der Waals surface area contributed by atoms with Gasteiger partial charge in [0.15, 0.2) is 0 Å². The zero-order chi connectivity index (χ0) is 9.30. The van der Waals surface area contributed by atoms with Crippen LogP contribution in [0.2, 0.25) is 0 Å². The number of hydrogen-bond acceptors (Lipinski definition) is 1. The molecule has 1 fully saturated rings. The Hall–Kier alpha value is -0.670. The van der Waals surface area contributed by atoms with E-state index in [9.17, 15) is 13.6 Å². The molecule has 0 bridgehead atoms. The van der Waals surface area contributed by atoms with E-state index >= 15 is 0 Å². The SMILES string of the molecule is CC(C)C1CCN1C(=O)C(F)F. The number of nitrogens with zero attached hydrogens (tertiary/aromatic N) is 1. The van der Waals surface area contributed by atoms with Crippen LogP contribution < -0.4 is 0 Å². The summed E-state index contributed by atoms with van der Waals surface area (Å²) >= 11 is 0. The minimum absolute atomic E-state index is 0.0338. The lowest BCUT2D eigenvalue weighted by Gasteiger charge is -2.43. The lowest BCUT2D eigenvalue weighted by Crippen LogP contribution is -2.55. The predicted octanol–water partition coefficient (Wildman–Crippen LogP) is 1.51. The van der Waals surface area contributed by atoms with E-state index in [1.54, 1.807) is 0 Å². The zero-order valence-corrected chi connectivity index (χ0v) is 7.26. The Morgan fingerprint density at radius 3 is 2.33 bits per heavy atom. The van der Waals surface area contributed by atoms with Crippen LogP contribution in [0.1, 0.15) is 20.3 Å². The maximum atomic E-state index is 11.9. The summed E-state index contributed by atoms with van der Waals surface area (Å²) in [4.78, 5) is 12.1. The van der Waals surface area contributed by atoms with E-state index in [0.29, 0.717) is 6.54 Å². The first kappa shape index (κ1) is 9.42. The third-order valence-corrected chi connectivity index (χ3v) is 2.31. The topological polar surface area (TPSA) is 20.3 Å². The van der Waals surface area contributed by atoms with Crippen molar-refractivity contribution in [2.24, 2.45) is 5.92 Å². The highest BCUT2D eigenvalue weighted by molar-refractivity contribution is 5.80. The molecule has 1 saturated heterocycles. The summed E-state index contributed by atoms with van der Waals surface area (Å²) in [5, 5.41) is 0. The maximum Gasteiger partial charge on any atom is 0.315 e. The standard InChI is InChI=1S/C8H13F2NO/c1-5(2)6-3-4-11(6)8(12)7(9)10/h5-7H,3-4H2,1-2H3. The number of rotatable bonds is 2. The highest BCUT2D eigenvalue weighted by atomic mass is 19.3. The van der Waals surface area contributed by atoms with Crippen LogP contribution in [0.5, 0.6) is 0 Å². The van der Waals surface area contributed by atoms with Gasteiger partial charge < -0.3 is 4.90 Å². The molecule has 1 amide bonds. The third kappa shape index (κ3) is 1.57. The molecule has 0 aromatic heterocycles. The molecule has 12 heavy (non-hydrogen) atoms. The smallest absolute Gasteiger partial charge is 0.315 e. The maximum absolute atomic E-state index is 11.9. The van der Waals surface area contributed by atoms with Gasteiger partial charge in [0.1, 0.15) is 0 Å². The van der Waals surface area contributed by atoms with E-state index in [0.717, 1.165) is 6.42 Å². The summed E-state index contributed by atoms with van der Waals surface area (Å²) in [6, 6.07) is 0.0338. The van der Waals surface area contributed by atoms with Gasteiger partial charge in [-0.25, -0.2) is 0 Å². The lowest BCUT2D eigenvalue weighted by molar-refractivity contribution is -0.152. The van der Waals surface area contributed by atoms with E-state index in [-0.39, 0.29) is 12.0 Å². The average Bonchev–Trinajstić information content (AvgIpc) is 1.82. The molecule has 1 heterocycles. The number of carbonyl (C=O) groups excluding carboxylic acids is 1. The molecular weight excluding hydrogens is 164 g/mol. The van der Waals surface area contributed by atoms with Gasteiger partial charge in [-0.1, -0.05) is 13.8 Å². The van der Waals surface area contributed by atoms with Crippen LogP contribution in [0, 0.1) is 5.92 Å². The summed E-state index contributed by atoms with van der Waals surface area (Å²) in [5.74, 6) is -0.735. The molecule has 0 radical (unpaired) electrons. The second-order valence-corrected chi connectivity index (χ2v) is 3.43. The fourth-order valence-corrected chi connectivity index (χ4v) is 1.50. The van der Waals surface area contributed by atoms with Gasteiger partial charge in [-0.2, -0.15) is 8.78 Å². The fourth-order valence-electron chi connectivity index (χ4n) is 1.50. The van der Waals surface area contributed by atoms with Crippen LogP contribution in [0.4, 0.5) is 8.78 Å². The van der Waals surface area contributed by atoms with Crippen LogP contribution in [0.3, 0.4) is 0 Å². The van der Waals surface area contributed by atoms with Crippen molar-refractivity contribution in [1.82, 2.24) is 4.90 Å². The molecule has 1 unspecified atom stereocenters. The monoisotopic (exact) mass is 177 g/mol. The molecule has 0 saturated carbocycles. The van der Waals surface area contributed by atoms with Gasteiger partial charge in [0.05, 0.1) is 0 Å². The van der Waals surface area contributed by atoms with Crippen LogP contribution in [-0.2, 0) is 4.79 Å². The fraction of sp³-hybridized carbons (Fsp3) is 0.875. The van der Waals surface area contributed by atoms with Crippen LogP contribution in [0.25, 0.3) is 0 Å². The van der Waals surface area contributed by atoms with Crippen LogP contribution >= 0.6 is 0 Å². The summed E-state index contributed by atoms with van der Waals surface area (Å²) in [6.07, 6.45) is -1.98. The molecule has 1 atom stereocenters. The Balaban J connectivity index is 2.49. The van der Waals surface area contributed by atoms with Crippen molar-refractivity contribution in [3.05, 3.63) is 0 Å². The van der Waals surface area contributed by atoms with E-state index in [1.807, 2.05) is 13.8 Å². The Labute approximate surface area is 70.5 Å². The normalized spacial score (nSPS) is 23.2. The van der Waals surface area contributed by atoms with E-state index in [4.69, 9.17) is 0 Å². The van der Waals surface area contributed by atoms with Crippen molar-refractivity contribution < 1.29 is 13.6 Å².